The summed E-state index contributed by atoms with van der Waals surface area (Å²) >= 11 is 0. The van der Waals surface area contributed by atoms with E-state index < -0.39 is 0 Å². The zero-order chi connectivity index (χ0) is 10.1. The highest BCUT2D eigenvalue weighted by atomic mass is 16.1. The molecule has 1 aromatic heterocycles. The van der Waals surface area contributed by atoms with E-state index in [1.54, 1.807) is 0 Å². The molecule has 0 spiro atoms. The second-order valence-electron chi connectivity index (χ2n) is 3.99. The monoisotopic (exact) mass is 195 g/mol. The maximum absolute atomic E-state index is 11.6. The summed E-state index contributed by atoms with van der Waals surface area (Å²) in [6.45, 7) is 5.99. The van der Waals surface area contributed by atoms with Crippen molar-refractivity contribution in [3.63, 3.8) is 0 Å². The van der Waals surface area contributed by atoms with Crippen LogP contribution < -0.4 is 11.0 Å². The van der Waals surface area contributed by atoms with Gasteiger partial charge < -0.3 is 10.3 Å². The van der Waals surface area contributed by atoms with Crippen LogP contribution in [0.2, 0.25) is 0 Å². The third-order valence-electron chi connectivity index (χ3n) is 3.09. The van der Waals surface area contributed by atoms with Gasteiger partial charge in [0.25, 0.3) is 0 Å². The average Bonchev–Trinajstić information content (AvgIpc) is 2.43. The maximum atomic E-state index is 11.6. The smallest absolute Gasteiger partial charge is 0.317 e. The Balaban J connectivity index is 2.34. The molecular weight excluding hydrogens is 178 g/mol. The molecule has 1 aromatic rings. The normalized spacial score (nSPS) is 18.7. The standard InChI is InChI=1S/C10H17N3O/c1-7-8(2)13(10(14)12-7)9-3-5-11-6-4-9/h9,11H,3-6H2,1-2H3,(H,12,14). The van der Waals surface area contributed by atoms with Crippen molar-refractivity contribution in [3.8, 4) is 0 Å². The second-order valence-corrected chi connectivity index (χ2v) is 3.99. The van der Waals surface area contributed by atoms with E-state index in [1.165, 1.54) is 0 Å². The van der Waals surface area contributed by atoms with Gasteiger partial charge in [0, 0.05) is 17.4 Å². The molecule has 0 aromatic carbocycles. The third kappa shape index (κ3) is 1.50. The van der Waals surface area contributed by atoms with Crippen LogP contribution >= 0.6 is 0 Å². The number of nitrogens with zero attached hydrogens (tertiary/aromatic N) is 1. The summed E-state index contributed by atoms with van der Waals surface area (Å²) in [7, 11) is 0. The Morgan fingerprint density at radius 3 is 2.43 bits per heavy atom. The van der Waals surface area contributed by atoms with Crippen molar-refractivity contribution >= 4 is 0 Å². The van der Waals surface area contributed by atoms with Gasteiger partial charge in [0.05, 0.1) is 0 Å². The molecule has 1 saturated heterocycles. The van der Waals surface area contributed by atoms with Crippen LogP contribution in [0.15, 0.2) is 4.79 Å². The van der Waals surface area contributed by atoms with Crippen molar-refractivity contribution in [3.05, 3.63) is 21.9 Å². The van der Waals surface area contributed by atoms with Gasteiger partial charge in [-0.25, -0.2) is 4.79 Å². The molecule has 0 amide bonds. The van der Waals surface area contributed by atoms with Crippen LogP contribution in [0.4, 0.5) is 0 Å². The van der Waals surface area contributed by atoms with E-state index in [0.717, 1.165) is 37.3 Å². The largest absolute Gasteiger partial charge is 0.326 e. The van der Waals surface area contributed by atoms with Crippen LogP contribution in [0, 0.1) is 13.8 Å². The molecule has 1 aliphatic rings. The molecule has 2 heterocycles. The van der Waals surface area contributed by atoms with Crippen LogP contribution in [-0.4, -0.2) is 22.6 Å². The number of aryl methyl sites for hydroxylation is 1. The molecule has 0 radical (unpaired) electrons. The van der Waals surface area contributed by atoms with Crippen LogP contribution in [0.25, 0.3) is 0 Å². The maximum Gasteiger partial charge on any atom is 0.326 e. The molecule has 4 heteroatoms. The summed E-state index contributed by atoms with van der Waals surface area (Å²) in [6.07, 6.45) is 2.11. The molecular formula is C10H17N3O. The lowest BCUT2D eigenvalue weighted by Crippen LogP contribution is -2.33. The Kier molecular flexibility index (Phi) is 2.46. The lowest BCUT2D eigenvalue weighted by molar-refractivity contribution is 0.357. The van der Waals surface area contributed by atoms with Gasteiger partial charge in [-0.05, 0) is 39.8 Å². The Morgan fingerprint density at radius 1 is 1.29 bits per heavy atom. The summed E-state index contributed by atoms with van der Waals surface area (Å²) in [5.74, 6) is 0. The zero-order valence-electron chi connectivity index (χ0n) is 8.76. The highest BCUT2D eigenvalue weighted by molar-refractivity contribution is 5.10. The fourth-order valence-corrected chi connectivity index (χ4v) is 2.15. The Morgan fingerprint density at radius 2 is 1.93 bits per heavy atom. The summed E-state index contributed by atoms with van der Waals surface area (Å²) in [4.78, 5) is 14.5. The lowest BCUT2D eigenvalue weighted by atomic mass is 10.1. The predicted molar refractivity (Wildman–Crippen MR) is 55.7 cm³/mol. The summed E-state index contributed by atoms with van der Waals surface area (Å²) in [5.41, 5.74) is 2.13. The molecule has 0 atom stereocenters. The van der Waals surface area contributed by atoms with Crippen molar-refractivity contribution < 1.29 is 0 Å². The fraction of sp³-hybridized carbons (Fsp3) is 0.700. The van der Waals surface area contributed by atoms with E-state index in [-0.39, 0.29) is 5.69 Å². The average molecular weight is 195 g/mol. The molecule has 14 heavy (non-hydrogen) atoms. The molecule has 4 nitrogen and oxygen atoms in total. The van der Waals surface area contributed by atoms with Gasteiger partial charge >= 0.3 is 5.69 Å². The first-order valence-corrected chi connectivity index (χ1v) is 5.18. The van der Waals surface area contributed by atoms with E-state index in [1.807, 2.05) is 18.4 Å². The van der Waals surface area contributed by atoms with Gasteiger partial charge in [0.1, 0.15) is 0 Å². The number of piperidine rings is 1. The molecule has 2 rings (SSSR count). The molecule has 78 valence electrons. The minimum atomic E-state index is 0.0481. The molecule has 0 unspecified atom stereocenters. The first-order valence-electron chi connectivity index (χ1n) is 5.18. The van der Waals surface area contributed by atoms with E-state index in [0.29, 0.717) is 6.04 Å². The SMILES string of the molecule is Cc1[nH]c(=O)n(C2CCNCC2)c1C. The number of aromatic amines is 1. The quantitative estimate of drug-likeness (QED) is 0.693. The number of nitrogens with one attached hydrogen (secondary N) is 2. The summed E-state index contributed by atoms with van der Waals surface area (Å²) < 4.78 is 1.91. The Hall–Kier alpha value is -1.03. The number of rotatable bonds is 1. The number of H-pyrrole nitrogens is 1. The number of aromatic nitrogens is 2. The predicted octanol–water partition coefficient (Wildman–Crippen LogP) is 0.718. The Labute approximate surface area is 83.3 Å². The molecule has 2 N–H and O–H groups in total. The van der Waals surface area contributed by atoms with Crippen LogP contribution in [0.1, 0.15) is 30.3 Å². The first kappa shape index (κ1) is 9.52. The van der Waals surface area contributed by atoms with E-state index >= 15 is 0 Å². The number of imidazole rings is 1. The van der Waals surface area contributed by atoms with Gasteiger partial charge in [0.2, 0.25) is 0 Å². The number of hydrogen-bond donors (Lipinski definition) is 2. The molecule has 0 aliphatic carbocycles. The van der Waals surface area contributed by atoms with Gasteiger partial charge in [0.15, 0.2) is 0 Å². The molecule has 0 bridgehead atoms. The first-order chi connectivity index (χ1) is 6.70. The van der Waals surface area contributed by atoms with Crippen molar-refractivity contribution in [1.82, 2.24) is 14.9 Å². The van der Waals surface area contributed by atoms with Crippen molar-refractivity contribution in [2.45, 2.75) is 32.7 Å². The van der Waals surface area contributed by atoms with Gasteiger partial charge in [-0.15, -0.1) is 0 Å². The van der Waals surface area contributed by atoms with E-state index in [2.05, 4.69) is 10.3 Å². The lowest BCUT2D eigenvalue weighted by Gasteiger charge is -2.24. The zero-order valence-corrected chi connectivity index (χ0v) is 8.76. The van der Waals surface area contributed by atoms with Crippen LogP contribution in [0.3, 0.4) is 0 Å². The molecule has 1 aliphatic heterocycles. The van der Waals surface area contributed by atoms with E-state index in [9.17, 15) is 4.79 Å². The van der Waals surface area contributed by atoms with Crippen LogP contribution in [-0.2, 0) is 0 Å². The number of hydrogen-bond acceptors (Lipinski definition) is 2. The fourth-order valence-electron chi connectivity index (χ4n) is 2.15. The Bertz CT molecular complexity index is 371. The third-order valence-corrected chi connectivity index (χ3v) is 3.09. The van der Waals surface area contributed by atoms with Crippen molar-refractivity contribution in [2.24, 2.45) is 0 Å². The van der Waals surface area contributed by atoms with Gasteiger partial charge in [-0.3, -0.25) is 4.57 Å². The second kappa shape index (κ2) is 3.61. The van der Waals surface area contributed by atoms with Crippen LogP contribution in [0.5, 0.6) is 0 Å². The van der Waals surface area contributed by atoms with Crippen molar-refractivity contribution in [2.75, 3.05) is 13.1 Å². The summed E-state index contributed by atoms with van der Waals surface area (Å²) in [5, 5.41) is 3.30. The highest BCUT2D eigenvalue weighted by Crippen LogP contribution is 2.18. The molecule has 0 saturated carbocycles. The van der Waals surface area contributed by atoms with Gasteiger partial charge in [-0.2, -0.15) is 0 Å². The minimum Gasteiger partial charge on any atom is -0.317 e. The van der Waals surface area contributed by atoms with Gasteiger partial charge in [-0.1, -0.05) is 0 Å². The minimum absolute atomic E-state index is 0.0481. The highest BCUT2D eigenvalue weighted by Gasteiger charge is 2.19. The summed E-state index contributed by atoms with van der Waals surface area (Å²) in [6, 6.07) is 0.383. The van der Waals surface area contributed by atoms with E-state index in [4.69, 9.17) is 0 Å². The topological polar surface area (TPSA) is 49.8 Å². The molecule has 1 fully saturated rings. The van der Waals surface area contributed by atoms with Crippen molar-refractivity contribution in [1.29, 1.82) is 0 Å².